The van der Waals surface area contributed by atoms with Crippen LogP contribution in [0.15, 0.2) is 194 Å². The van der Waals surface area contributed by atoms with Crippen LogP contribution < -0.4 is 0 Å². The van der Waals surface area contributed by atoms with Crippen molar-refractivity contribution in [2.24, 2.45) is 0 Å². The number of hydrogen-bond donors (Lipinski definition) is 0. The Hall–Kier alpha value is -6.50. The highest BCUT2D eigenvalue weighted by molar-refractivity contribution is 6.22. The number of fused-ring (bicyclic) bond motifs is 5. The van der Waals surface area contributed by atoms with E-state index in [1.54, 1.807) is 0 Å². The molecule has 0 aliphatic carbocycles. The van der Waals surface area contributed by atoms with Gasteiger partial charge in [0.05, 0.1) is 0 Å². The molecule has 0 aliphatic rings. The maximum atomic E-state index is 2.42. The lowest BCUT2D eigenvalue weighted by molar-refractivity contribution is 1.63. The Morgan fingerprint density at radius 2 is 0.640 bits per heavy atom. The molecular weight excluding hydrogens is 601 g/mol. The molecule has 0 saturated carbocycles. The van der Waals surface area contributed by atoms with Crippen LogP contribution in [-0.4, -0.2) is 0 Å². The molecule has 0 aromatic heterocycles. The third kappa shape index (κ3) is 4.69. The number of rotatable bonds is 4. The normalized spacial score (nSPS) is 11.6. The van der Waals surface area contributed by atoms with E-state index in [-0.39, 0.29) is 0 Å². The van der Waals surface area contributed by atoms with Gasteiger partial charge in [-0.1, -0.05) is 176 Å². The maximum Gasteiger partial charge on any atom is -0.00261 e. The fourth-order valence-corrected chi connectivity index (χ4v) is 7.99. The van der Waals surface area contributed by atoms with Gasteiger partial charge in [0.1, 0.15) is 0 Å². The second kappa shape index (κ2) is 11.6. The average molecular weight is 633 g/mol. The van der Waals surface area contributed by atoms with Gasteiger partial charge in [-0.3, -0.25) is 0 Å². The summed E-state index contributed by atoms with van der Waals surface area (Å²) in [5.74, 6) is 0. The summed E-state index contributed by atoms with van der Waals surface area (Å²) < 4.78 is 0. The lowest BCUT2D eigenvalue weighted by Crippen LogP contribution is -1.92. The van der Waals surface area contributed by atoms with Crippen molar-refractivity contribution in [2.45, 2.75) is 0 Å². The van der Waals surface area contributed by atoms with E-state index in [9.17, 15) is 0 Å². The molecule has 10 aromatic carbocycles. The molecule has 0 amide bonds. The lowest BCUT2D eigenvalue weighted by atomic mass is 9.84. The molecule has 0 saturated heterocycles. The first-order valence-corrected chi connectivity index (χ1v) is 17.3. The van der Waals surface area contributed by atoms with Crippen LogP contribution in [0.5, 0.6) is 0 Å². The van der Waals surface area contributed by atoms with Crippen LogP contribution in [0.1, 0.15) is 0 Å². The highest BCUT2D eigenvalue weighted by atomic mass is 14.2. The van der Waals surface area contributed by atoms with Crippen LogP contribution in [0.25, 0.3) is 98.4 Å². The topological polar surface area (TPSA) is 0 Å². The largest absolute Gasteiger partial charge is 0.0616 e. The molecule has 0 radical (unpaired) electrons. The summed E-state index contributed by atoms with van der Waals surface area (Å²) in [6, 6.07) is 71.5. The zero-order valence-corrected chi connectivity index (χ0v) is 27.5. The van der Waals surface area contributed by atoms with E-state index in [0.717, 1.165) is 0 Å². The van der Waals surface area contributed by atoms with Crippen LogP contribution in [-0.2, 0) is 0 Å². The molecule has 0 unspecified atom stereocenters. The van der Waals surface area contributed by atoms with Gasteiger partial charge in [-0.15, -0.1) is 0 Å². The van der Waals surface area contributed by atoms with E-state index in [0.29, 0.717) is 0 Å². The summed E-state index contributed by atoms with van der Waals surface area (Å²) in [5.41, 5.74) is 9.94. The Kier molecular flexibility index (Phi) is 6.60. The molecule has 0 N–H and O–H groups in total. The molecule has 0 bridgehead atoms. The predicted molar refractivity (Wildman–Crippen MR) is 216 cm³/mol. The van der Waals surface area contributed by atoms with Crippen molar-refractivity contribution in [3.8, 4) is 44.5 Å². The highest BCUT2D eigenvalue weighted by Crippen LogP contribution is 2.46. The van der Waals surface area contributed by atoms with Crippen molar-refractivity contribution >= 4 is 53.9 Å². The fraction of sp³-hybridized carbons (Fsp3) is 0. The molecule has 0 heteroatoms. The summed E-state index contributed by atoms with van der Waals surface area (Å²) in [6.45, 7) is 0. The van der Waals surface area contributed by atoms with Gasteiger partial charge in [0, 0.05) is 0 Å². The molecule has 10 rings (SSSR count). The van der Waals surface area contributed by atoms with Crippen molar-refractivity contribution in [1.29, 1.82) is 0 Å². The van der Waals surface area contributed by atoms with E-state index >= 15 is 0 Å². The Morgan fingerprint density at radius 1 is 0.200 bits per heavy atom. The third-order valence-corrected chi connectivity index (χ3v) is 10.4. The van der Waals surface area contributed by atoms with Gasteiger partial charge in [-0.25, -0.2) is 0 Å². The Labute approximate surface area is 291 Å². The molecule has 0 spiro atoms. The summed E-state index contributed by atoms with van der Waals surface area (Å²) in [4.78, 5) is 0. The molecule has 0 nitrogen and oxygen atoms in total. The fourth-order valence-electron chi connectivity index (χ4n) is 7.99. The minimum atomic E-state index is 1.22. The van der Waals surface area contributed by atoms with Crippen LogP contribution in [0, 0.1) is 0 Å². The molecule has 10 aromatic rings. The van der Waals surface area contributed by atoms with E-state index in [2.05, 4.69) is 194 Å². The van der Waals surface area contributed by atoms with E-state index < -0.39 is 0 Å². The SMILES string of the molecule is c1ccc2cc(-c3ccc4c(-c5ccc6ccccc6c5)c5ccccc5c(-c5ccc(-c6cccc7ccccc67)cc5)c4c3)ccc2c1. The van der Waals surface area contributed by atoms with Crippen LogP contribution >= 0.6 is 0 Å². The zero-order valence-electron chi connectivity index (χ0n) is 27.5. The van der Waals surface area contributed by atoms with E-state index in [1.807, 2.05) is 0 Å². The maximum absolute atomic E-state index is 2.42. The van der Waals surface area contributed by atoms with Gasteiger partial charge in [0.2, 0.25) is 0 Å². The van der Waals surface area contributed by atoms with Crippen molar-refractivity contribution in [3.63, 3.8) is 0 Å². The quantitative estimate of drug-likeness (QED) is 0.169. The van der Waals surface area contributed by atoms with E-state index in [4.69, 9.17) is 0 Å². The molecule has 0 fully saturated rings. The third-order valence-electron chi connectivity index (χ3n) is 10.4. The van der Waals surface area contributed by atoms with Gasteiger partial charge < -0.3 is 0 Å². The second-order valence-electron chi connectivity index (χ2n) is 13.3. The number of hydrogen-bond acceptors (Lipinski definition) is 0. The molecule has 232 valence electrons. The van der Waals surface area contributed by atoms with Crippen molar-refractivity contribution in [3.05, 3.63) is 194 Å². The molecule has 0 heterocycles. The van der Waals surface area contributed by atoms with Gasteiger partial charge in [-0.2, -0.15) is 0 Å². The minimum absolute atomic E-state index is 1.22. The van der Waals surface area contributed by atoms with Crippen LogP contribution in [0.3, 0.4) is 0 Å². The number of benzene rings is 10. The van der Waals surface area contributed by atoms with Crippen LogP contribution in [0.2, 0.25) is 0 Å². The predicted octanol–water partition coefficient (Wildman–Crippen LogP) is 14.1. The first kappa shape index (κ1) is 28.5. The average Bonchev–Trinajstić information content (AvgIpc) is 3.19. The smallest absolute Gasteiger partial charge is 0.00261 e. The van der Waals surface area contributed by atoms with Crippen molar-refractivity contribution in [1.82, 2.24) is 0 Å². The monoisotopic (exact) mass is 632 g/mol. The van der Waals surface area contributed by atoms with Gasteiger partial charge >= 0.3 is 0 Å². The second-order valence-corrected chi connectivity index (χ2v) is 13.3. The van der Waals surface area contributed by atoms with Crippen molar-refractivity contribution < 1.29 is 0 Å². The minimum Gasteiger partial charge on any atom is -0.0616 e. The van der Waals surface area contributed by atoms with Gasteiger partial charge in [0.15, 0.2) is 0 Å². The standard InChI is InChI=1S/C50H32/c1-3-13-38-30-40(26-20-33(38)10-1)41-28-29-47-48(32-41)49(37-24-22-36(23-25-37)44-19-9-15-35-12-5-6-16-43(35)44)45-17-7-8-18-46(45)50(47)42-27-21-34-11-2-4-14-39(34)31-42/h1-32H. The van der Waals surface area contributed by atoms with Gasteiger partial charge in [0.25, 0.3) is 0 Å². The Morgan fingerprint density at radius 3 is 1.34 bits per heavy atom. The first-order valence-electron chi connectivity index (χ1n) is 17.3. The van der Waals surface area contributed by atoms with Crippen molar-refractivity contribution in [2.75, 3.05) is 0 Å². The molecule has 50 heavy (non-hydrogen) atoms. The van der Waals surface area contributed by atoms with Gasteiger partial charge in [-0.05, 0) is 117 Å². The lowest BCUT2D eigenvalue weighted by Gasteiger charge is -2.19. The van der Waals surface area contributed by atoms with E-state index in [1.165, 1.54) is 98.4 Å². The summed E-state index contributed by atoms with van der Waals surface area (Å²) in [5, 5.41) is 12.6. The highest BCUT2D eigenvalue weighted by Gasteiger charge is 2.18. The molecular formula is C50H32. The first-order chi connectivity index (χ1) is 24.8. The molecule has 0 aliphatic heterocycles. The van der Waals surface area contributed by atoms with Crippen LogP contribution in [0.4, 0.5) is 0 Å². The molecule has 0 atom stereocenters. The summed E-state index contributed by atoms with van der Waals surface area (Å²) in [6.07, 6.45) is 0. The Bertz CT molecular complexity index is 2900. The zero-order chi connectivity index (χ0) is 33.0. The summed E-state index contributed by atoms with van der Waals surface area (Å²) >= 11 is 0. The Balaban J connectivity index is 1.24. The summed E-state index contributed by atoms with van der Waals surface area (Å²) in [7, 11) is 0.